The van der Waals surface area contributed by atoms with Gasteiger partial charge in [-0.05, 0) is 136 Å². The Balaban J connectivity index is 0.000000185. The van der Waals surface area contributed by atoms with Crippen molar-refractivity contribution in [2.45, 2.75) is 65.9 Å². The first-order chi connectivity index (χ1) is 32.4. The number of piperidine rings is 2. The Morgan fingerprint density at radius 3 is 1.46 bits per heavy atom. The van der Waals surface area contributed by atoms with Gasteiger partial charge in [-0.1, -0.05) is 54.3 Å². The van der Waals surface area contributed by atoms with Crippen LogP contribution in [0.15, 0.2) is 131 Å². The number of rotatable bonds is 7. The molecule has 0 unspecified atom stereocenters. The summed E-state index contributed by atoms with van der Waals surface area (Å²) in [6.07, 6.45) is 7.93. The molecule has 0 bridgehead atoms. The number of para-hydroxylation sites is 2. The summed E-state index contributed by atoms with van der Waals surface area (Å²) in [7, 11) is 0. The largest absolute Gasteiger partial charge is 0.460 e. The van der Waals surface area contributed by atoms with Crippen LogP contribution in [0.25, 0.3) is 55.7 Å². The first-order valence-corrected chi connectivity index (χ1v) is 22.5. The smallest absolute Gasteiger partial charge is 0.309 e. The average Bonchev–Trinajstić information content (AvgIpc) is 4.05. The molecule has 2 fully saturated rings. The molecule has 0 spiro atoms. The number of esters is 1. The summed E-state index contributed by atoms with van der Waals surface area (Å²) in [6.45, 7) is 8.25. The van der Waals surface area contributed by atoms with E-state index in [1.54, 1.807) is 57.0 Å². The predicted molar refractivity (Wildman–Crippen MR) is 261 cm³/mol. The van der Waals surface area contributed by atoms with Gasteiger partial charge >= 0.3 is 5.97 Å². The Morgan fingerprint density at radius 2 is 1.01 bits per heavy atom. The van der Waals surface area contributed by atoms with Crippen LogP contribution in [0.5, 0.6) is 0 Å². The van der Waals surface area contributed by atoms with E-state index < -0.39 is 5.60 Å². The van der Waals surface area contributed by atoms with Crippen molar-refractivity contribution in [2.75, 3.05) is 26.2 Å². The van der Waals surface area contributed by atoms with Crippen molar-refractivity contribution >= 4 is 39.6 Å². The van der Waals surface area contributed by atoms with Gasteiger partial charge in [0.15, 0.2) is 0 Å². The Labute approximate surface area is 392 Å². The van der Waals surface area contributed by atoms with Crippen molar-refractivity contribution in [1.29, 1.82) is 0 Å². The number of amides is 2. The fourth-order valence-corrected chi connectivity index (χ4v) is 8.38. The fourth-order valence-electron chi connectivity index (χ4n) is 8.38. The van der Waals surface area contributed by atoms with E-state index in [4.69, 9.17) is 4.74 Å². The first kappa shape index (κ1) is 46.5. The standard InChI is InChI=1S/C28H29N5O4.C23H21N5O2.CH4/c1-28(2,3)37-27(36)19-12-14-32(15-13-19)26(35)18-8-10-21(11-9-18)33-17-24(30-31-33)22-16-20-6-4-5-7-23(20)29-25(22)34;29-22-19(14-17-6-2-3-7-20(17)24-22)21-15-28(26-25-21)18-10-8-16(9-11-18)23(30)27-12-4-1-5-13-27;/h4-11,16-17,19H,12-15H2,1-3H3,(H,29,34);2-3,6-11,14-15H,1,4-5,12-13H2,(H,24,29);1H4. The zero-order chi connectivity index (χ0) is 46.7. The second-order valence-electron chi connectivity index (χ2n) is 17.8. The minimum atomic E-state index is -0.512. The quantitative estimate of drug-likeness (QED) is 0.148. The summed E-state index contributed by atoms with van der Waals surface area (Å²) in [5.41, 5.74) is 5.19. The lowest BCUT2D eigenvalue weighted by Crippen LogP contribution is -2.41. The van der Waals surface area contributed by atoms with Gasteiger partial charge in [0.2, 0.25) is 0 Å². The summed E-state index contributed by atoms with van der Waals surface area (Å²) < 4.78 is 8.68. The van der Waals surface area contributed by atoms with Crippen LogP contribution in [0.2, 0.25) is 0 Å². The lowest BCUT2D eigenvalue weighted by atomic mass is 9.96. The van der Waals surface area contributed by atoms with Gasteiger partial charge in [-0.25, -0.2) is 9.36 Å². The number of aromatic amines is 2. The van der Waals surface area contributed by atoms with Crippen LogP contribution in [0.3, 0.4) is 0 Å². The van der Waals surface area contributed by atoms with Gasteiger partial charge in [-0.15, -0.1) is 10.2 Å². The minimum absolute atomic E-state index is 0. The maximum Gasteiger partial charge on any atom is 0.309 e. The summed E-state index contributed by atoms with van der Waals surface area (Å²) in [5, 5.41) is 18.5. The Kier molecular flexibility index (Phi) is 13.6. The van der Waals surface area contributed by atoms with Crippen molar-refractivity contribution in [3.8, 4) is 33.9 Å². The summed E-state index contributed by atoms with van der Waals surface area (Å²) in [4.78, 5) is 72.5. The molecule has 4 aromatic carbocycles. The number of ether oxygens (including phenoxy) is 1. The molecule has 2 N–H and O–H groups in total. The molecule has 16 nitrogen and oxygen atoms in total. The van der Waals surface area contributed by atoms with E-state index in [1.807, 2.05) is 105 Å². The van der Waals surface area contributed by atoms with Crippen LogP contribution in [-0.4, -0.2) is 99.3 Å². The molecule has 348 valence electrons. The molecular weight excluding hydrogens is 861 g/mol. The molecule has 6 heterocycles. The molecule has 2 saturated heterocycles. The maximum absolute atomic E-state index is 13.0. The van der Waals surface area contributed by atoms with Crippen molar-refractivity contribution in [1.82, 2.24) is 49.8 Å². The third-order valence-electron chi connectivity index (χ3n) is 12.0. The highest BCUT2D eigenvalue weighted by molar-refractivity contribution is 5.95. The van der Waals surface area contributed by atoms with Crippen LogP contribution in [-0.2, 0) is 9.53 Å². The Bertz CT molecular complexity index is 3200. The van der Waals surface area contributed by atoms with E-state index in [9.17, 15) is 24.0 Å². The van der Waals surface area contributed by atoms with Gasteiger partial charge < -0.3 is 24.5 Å². The SMILES string of the molecule is C.CC(C)(C)OC(=O)C1CCN(C(=O)c2ccc(-n3cc(-c4cc5ccccc5[nH]c4=O)nn3)cc2)CC1.O=C(c1ccc(-n2cc(-c3cc4ccccc4[nH]c3=O)nn2)cc1)N1CCCCC1. The van der Waals surface area contributed by atoms with E-state index in [2.05, 4.69) is 30.6 Å². The number of nitrogens with zero attached hydrogens (tertiary/aromatic N) is 8. The number of carbonyl (C=O) groups is 3. The van der Waals surface area contributed by atoms with E-state index in [0.717, 1.165) is 59.1 Å². The number of H-pyrrole nitrogens is 2. The minimum Gasteiger partial charge on any atom is -0.460 e. The van der Waals surface area contributed by atoms with Crippen molar-refractivity contribution in [3.63, 3.8) is 0 Å². The van der Waals surface area contributed by atoms with Crippen LogP contribution >= 0.6 is 0 Å². The number of benzene rings is 4. The second-order valence-corrected chi connectivity index (χ2v) is 17.8. The van der Waals surface area contributed by atoms with Gasteiger partial charge in [0.1, 0.15) is 17.0 Å². The molecule has 16 heteroatoms. The van der Waals surface area contributed by atoms with Crippen LogP contribution in [0.4, 0.5) is 0 Å². The molecule has 2 aliphatic heterocycles. The van der Waals surface area contributed by atoms with Gasteiger partial charge in [0.05, 0.1) is 40.8 Å². The third-order valence-corrected chi connectivity index (χ3v) is 12.0. The molecule has 0 atom stereocenters. The summed E-state index contributed by atoms with van der Waals surface area (Å²) in [6, 6.07) is 33.2. The van der Waals surface area contributed by atoms with Gasteiger partial charge in [0.25, 0.3) is 22.9 Å². The average molecular weight is 915 g/mol. The third kappa shape index (κ3) is 10.3. The van der Waals surface area contributed by atoms with Gasteiger partial charge in [0, 0.05) is 48.3 Å². The highest BCUT2D eigenvalue weighted by atomic mass is 16.6. The highest BCUT2D eigenvalue weighted by Gasteiger charge is 2.31. The molecule has 2 amide bonds. The molecule has 4 aromatic heterocycles. The van der Waals surface area contributed by atoms with Crippen LogP contribution < -0.4 is 11.1 Å². The number of carbonyl (C=O) groups excluding carboxylic acids is 3. The molecule has 8 aromatic rings. The van der Waals surface area contributed by atoms with E-state index >= 15 is 0 Å². The first-order valence-electron chi connectivity index (χ1n) is 22.5. The van der Waals surface area contributed by atoms with Gasteiger partial charge in [-0.2, -0.15) is 0 Å². The molecule has 0 aliphatic carbocycles. The predicted octanol–water partition coefficient (Wildman–Crippen LogP) is 8.01. The van der Waals surface area contributed by atoms with Crippen molar-refractivity contribution in [2.24, 2.45) is 5.92 Å². The number of pyridine rings is 2. The number of hydrogen-bond donors (Lipinski definition) is 2. The number of hydrogen-bond acceptors (Lipinski definition) is 10. The molecule has 10 rings (SSSR count). The summed E-state index contributed by atoms with van der Waals surface area (Å²) >= 11 is 0. The second kappa shape index (κ2) is 19.8. The molecule has 0 radical (unpaired) electrons. The molecule has 68 heavy (non-hydrogen) atoms. The lowest BCUT2D eigenvalue weighted by Gasteiger charge is -2.32. The van der Waals surface area contributed by atoms with Crippen molar-refractivity contribution < 1.29 is 19.1 Å². The number of fused-ring (bicyclic) bond motifs is 2. The number of aromatic nitrogens is 8. The van der Waals surface area contributed by atoms with Crippen LogP contribution in [0.1, 0.15) is 81.0 Å². The number of likely N-dealkylation sites (tertiary alicyclic amines) is 2. The Morgan fingerprint density at radius 1 is 0.588 bits per heavy atom. The molecule has 0 saturated carbocycles. The highest BCUT2D eigenvalue weighted by Crippen LogP contribution is 2.25. The molecular formula is C52H54N10O6. The normalized spacial score (nSPS) is 14.2. The topological polar surface area (TPSA) is 194 Å². The zero-order valence-corrected chi connectivity index (χ0v) is 37.5. The van der Waals surface area contributed by atoms with E-state index in [1.165, 1.54) is 6.42 Å². The zero-order valence-electron chi connectivity index (χ0n) is 37.5. The molecule has 2 aliphatic rings. The van der Waals surface area contributed by atoms with Crippen LogP contribution in [0, 0.1) is 5.92 Å². The number of nitrogens with one attached hydrogen (secondary N) is 2. The maximum atomic E-state index is 13.0. The van der Waals surface area contributed by atoms with E-state index in [0.29, 0.717) is 59.6 Å². The fraction of sp³-hybridized carbons (Fsp3) is 0.288. The summed E-state index contributed by atoms with van der Waals surface area (Å²) in [5.74, 6) is -0.372. The van der Waals surface area contributed by atoms with Crippen molar-refractivity contribution in [3.05, 3.63) is 153 Å². The monoisotopic (exact) mass is 914 g/mol. The van der Waals surface area contributed by atoms with E-state index in [-0.39, 0.29) is 42.2 Å². The lowest BCUT2D eigenvalue weighted by molar-refractivity contribution is -0.161. The Hall–Kier alpha value is -8.01. The van der Waals surface area contributed by atoms with Gasteiger partial charge in [-0.3, -0.25) is 24.0 Å².